The average molecular weight is 333 g/mol. The predicted octanol–water partition coefficient (Wildman–Crippen LogP) is 2.28. The van der Waals surface area contributed by atoms with Crippen LogP contribution in [0, 0.1) is 0 Å². The highest BCUT2D eigenvalue weighted by atomic mass is 32.1. The molecule has 0 bridgehead atoms. The summed E-state index contributed by atoms with van der Waals surface area (Å²) in [5, 5.41) is 2.80. The number of thiazole rings is 1. The molecule has 0 atom stereocenters. The van der Waals surface area contributed by atoms with Crippen molar-refractivity contribution >= 4 is 22.9 Å². The van der Waals surface area contributed by atoms with Crippen LogP contribution in [0.2, 0.25) is 0 Å². The van der Waals surface area contributed by atoms with E-state index >= 15 is 0 Å². The molecule has 0 spiro atoms. The maximum Gasteiger partial charge on any atom is 0.305 e. The number of ether oxygens (including phenoxy) is 1. The van der Waals surface area contributed by atoms with Crippen molar-refractivity contribution in [3.05, 3.63) is 32.7 Å². The topological polar surface area (TPSA) is 74.4 Å². The van der Waals surface area contributed by atoms with E-state index in [0.29, 0.717) is 11.4 Å². The zero-order valence-corrected chi connectivity index (χ0v) is 14.0. The Morgan fingerprint density at radius 2 is 2.04 bits per heavy atom. The van der Waals surface area contributed by atoms with Crippen molar-refractivity contribution in [3.63, 3.8) is 0 Å². The molecule has 1 aliphatic rings. The molecule has 0 fully saturated rings. The highest BCUT2D eigenvalue weighted by Crippen LogP contribution is 2.33. The fourth-order valence-electron chi connectivity index (χ4n) is 2.59. The Morgan fingerprint density at radius 3 is 2.78 bits per heavy atom. The molecule has 1 amide bonds. The summed E-state index contributed by atoms with van der Waals surface area (Å²) in [7, 11) is 0. The lowest BCUT2D eigenvalue weighted by molar-refractivity contribution is -0.118. The Kier molecular flexibility index (Phi) is 4.49. The molecule has 1 aromatic carbocycles. The minimum atomic E-state index is -0.170. The Balaban J connectivity index is 1.97. The van der Waals surface area contributed by atoms with Gasteiger partial charge in [-0.05, 0) is 31.3 Å². The molecule has 2 aromatic rings. The van der Waals surface area contributed by atoms with Crippen LogP contribution >= 0.6 is 11.3 Å². The highest BCUT2D eigenvalue weighted by Gasteiger charge is 2.19. The quantitative estimate of drug-likeness (QED) is 0.880. The molecule has 23 heavy (non-hydrogen) atoms. The van der Waals surface area contributed by atoms with Crippen LogP contribution in [0.3, 0.4) is 0 Å². The molecular weight excluding hydrogens is 314 g/mol. The molecular formula is C16H19N3O3S. The number of nitrogens with zero attached hydrogens (tertiary/aromatic N) is 1. The Labute approximate surface area is 138 Å². The standard InChI is InChI=1S/C16H19N3O3S/c1-3-19(4-2)8-13-15(18-16(21)23-13)10-5-6-12-11(7-10)17-14(20)9-22-12/h5-7H,3-4,8-9H2,1-2H3,(H,17,20)(H,18,21). The van der Waals surface area contributed by atoms with E-state index in [1.165, 1.54) is 11.3 Å². The maximum absolute atomic E-state index is 11.8. The zero-order chi connectivity index (χ0) is 16.4. The summed E-state index contributed by atoms with van der Waals surface area (Å²) in [6.45, 7) is 6.82. The van der Waals surface area contributed by atoms with Gasteiger partial charge in [-0.3, -0.25) is 14.5 Å². The van der Waals surface area contributed by atoms with Gasteiger partial charge in [-0.2, -0.15) is 0 Å². The van der Waals surface area contributed by atoms with Crippen molar-refractivity contribution < 1.29 is 9.53 Å². The highest BCUT2D eigenvalue weighted by molar-refractivity contribution is 7.09. The molecule has 0 unspecified atom stereocenters. The molecule has 2 heterocycles. The molecule has 0 aliphatic carbocycles. The normalized spacial score (nSPS) is 13.6. The van der Waals surface area contributed by atoms with Crippen molar-refractivity contribution in [2.45, 2.75) is 20.4 Å². The lowest BCUT2D eigenvalue weighted by Crippen LogP contribution is -2.25. The smallest absolute Gasteiger partial charge is 0.305 e. The lowest BCUT2D eigenvalue weighted by Gasteiger charge is -2.19. The van der Waals surface area contributed by atoms with Crippen molar-refractivity contribution in [2.75, 3.05) is 25.0 Å². The van der Waals surface area contributed by atoms with E-state index in [4.69, 9.17) is 4.74 Å². The maximum atomic E-state index is 11.8. The summed E-state index contributed by atoms with van der Waals surface area (Å²) in [6, 6.07) is 5.57. The van der Waals surface area contributed by atoms with E-state index in [0.717, 1.165) is 35.8 Å². The van der Waals surface area contributed by atoms with Gasteiger partial charge in [0, 0.05) is 17.0 Å². The molecule has 0 saturated heterocycles. The summed E-state index contributed by atoms with van der Waals surface area (Å²) < 4.78 is 5.37. The number of hydrogen-bond acceptors (Lipinski definition) is 5. The third-order valence-corrected chi connectivity index (χ3v) is 4.75. The summed E-state index contributed by atoms with van der Waals surface area (Å²) in [5.41, 5.74) is 2.32. The monoisotopic (exact) mass is 333 g/mol. The Hall–Kier alpha value is -2.12. The van der Waals surface area contributed by atoms with Gasteiger partial charge < -0.3 is 15.0 Å². The number of aromatic amines is 1. The molecule has 2 N–H and O–H groups in total. The van der Waals surface area contributed by atoms with E-state index in [9.17, 15) is 9.59 Å². The fourth-order valence-corrected chi connectivity index (χ4v) is 3.49. The van der Waals surface area contributed by atoms with E-state index in [1.54, 1.807) is 0 Å². The minimum absolute atomic E-state index is 0.0365. The van der Waals surface area contributed by atoms with E-state index in [2.05, 4.69) is 29.0 Å². The molecule has 0 radical (unpaired) electrons. The largest absolute Gasteiger partial charge is 0.482 e. The van der Waals surface area contributed by atoms with E-state index in [-0.39, 0.29) is 17.4 Å². The van der Waals surface area contributed by atoms with E-state index in [1.807, 2.05) is 18.2 Å². The third-order valence-electron chi connectivity index (χ3n) is 3.88. The number of amides is 1. The first kappa shape index (κ1) is 15.8. The number of hydrogen-bond donors (Lipinski definition) is 2. The van der Waals surface area contributed by atoms with Crippen LogP contribution in [-0.4, -0.2) is 35.5 Å². The van der Waals surface area contributed by atoms with Crippen LogP contribution < -0.4 is 14.9 Å². The lowest BCUT2D eigenvalue weighted by atomic mass is 10.1. The third kappa shape index (κ3) is 3.30. The predicted molar refractivity (Wildman–Crippen MR) is 91.1 cm³/mol. The molecule has 1 aromatic heterocycles. The number of rotatable bonds is 5. The fraction of sp³-hybridized carbons (Fsp3) is 0.375. The van der Waals surface area contributed by atoms with Gasteiger partial charge in [-0.1, -0.05) is 25.2 Å². The second-order valence-electron chi connectivity index (χ2n) is 5.32. The van der Waals surface area contributed by atoms with Crippen LogP contribution in [0.25, 0.3) is 11.3 Å². The second kappa shape index (κ2) is 6.55. The van der Waals surface area contributed by atoms with Crippen LogP contribution in [0.5, 0.6) is 5.75 Å². The van der Waals surface area contributed by atoms with Crippen LogP contribution in [0.1, 0.15) is 18.7 Å². The molecule has 122 valence electrons. The number of nitrogens with one attached hydrogen (secondary N) is 2. The molecule has 6 nitrogen and oxygen atoms in total. The number of carbonyl (C=O) groups excluding carboxylic acids is 1. The number of carbonyl (C=O) groups is 1. The van der Waals surface area contributed by atoms with E-state index < -0.39 is 0 Å². The number of fused-ring (bicyclic) bond motifs is 1. The Bertz CT molecular complexity index is 777. The van der Waals surface area contributed by atoms with Crippen molar-refractivity contribution in [2.24, 2.45) is 0 Å². The minimum Gasteiger partial charge on any atom is -0.482 e. The second-order valence-corrected chi connectivity index (χ2v) is 6.39. The first-order valence-electron chi connectivity index (χ1n) is 7.62. The van der Waals surface area contributed by atoms with Gasteiger partial charge in [0.05, 0.1) is 11.4 Å². The number of anilines is 1. The van der Waals surface area contributed by atoms with Gasteiger partial charge in [0.1, 0.15) is 5.75 Å². The van der Waals surface area contributed by atoms with Gasteiger partial charge in [-0.15, -0.1) is 0 Å². The van der Waals surface area contributed by atoms with Crippen LogP contribution in [0.4, 0.5) is 5.69 Å². The van der Waals surface area contributed by atoms with Crippen molar-refractivity contribution in [1.29, 1.82) is 0 Å². The average Bonchev–Trinajstić information content (AvgIpc) is 2.92. The number of aromatic nitrogens is 1. The molecule has 1 aliphatic heterocycles. The summed E-state index contributed by atoms with van der Waals surface area (Å²) in [4.78, 5) is 29.4. The summed E-state index contributed by atoms with van der Waals surface area (Å²) in [6.07, 6.45) is 0. The SMILES string of the molecule is CCN(CC)Cc1sc(=O)[nH]c1-c1ccc2c(c1)NC(=O)CO2. The zero-order valence-electron chi connectivity index (χ0n) is 13.1. The van der Waals surface area contributed by atoms with Gasteiger partial charge in [0.25, 0.3) is 5.91 Å². The van der Waals surface area contributed by atoms with Crippen LogP contribution in [-0.2, 0) is 11.3 Å². The van der Waals surface area contributed by atoms with Crippen molar-refractivity contribution in [1.82, 2.24) is 9.88 Å². The Morgan fingerprint density at radius 1 is 1.26 bits per heavy atom. The molecule has 0 saturated carbocycles. The van der Waals surface area contributed by atoms with Gasteiger partial charge in [0.15, 0.2) is 6.61 Å². The van der Waals surface area contributed by atoms with Gasteiger partial charge in [-0.25, -0.2) is 0 Å². The van der Waals surface area contributed by atoms with Crippen molar-refractivity contribution in [3.8, 4) is 17.0 Å². The summed E-state index contributed by atoms with van der Waals surface area (Å²) >= 11 is 1.23. The molecule has 3 rings (SSSR count). The number of H-pyrrole nitrogens is 1. The first-order chi connectivity index (χ1) is 11.1. The molecule has 7 heteroatoms. The first-order valence-corrected chi connectivity index (χ1v) is 8.43. The van der Waals surface area contributed by atoms with Gasteiger partial charge >= 0.3 is 4.87 Å². The summed E-state index contributed by atoms with van der Waals surface area (Å²) in [5.74, 6) is 0.480. The van der Waals surface area contributed by atoms with Gasteiger partial charge in [0.2, 0.25) is 0 Å². The number of benzene rings is 1. The van der Waals surface area contributed by atoms with Crippen LogP contribution in [0.15, 0.2) is 23.0 Å².